The van der Waals surface area contributed by atoms with Gasteiger partial charge in [-0.25, -0.2) is 0 Å². The smallest absolute Gasteiger partial charge is 0.191 e. The van der Waals surface area contributed by atoms with Gasteiger partial charge in [-0.3, -0.25) is 9.67 Å². The first-order valence-corrected chi connectivity index (χ1v) is 10.7. The molecule has 31 heavy (non-hydrogen) atoms. The molecule has 1 atom stereocenters. The Hall–Kier alpha value is -3.28. The molecule has 3 aromatic rings. The number of hydrogen-bond acceptors (Lipinski definition) is 3. The van der Waals surface area contributed by atoms with Crippen molar-refractivity contribution in [3.63, 3.8) is 0 Å². The van der Waals surface area contributed by atoms with Gasteiger partial charge in [-0.1, -0.05) is 42.5 Å². The Morgan fingerprint density at radius 3 is 2.39 bits per heavy atom. The molecule has 0 bridgehead atoms. The van der Waals surface area contributed by atoms with Crippen LogP contribution in [0.25, 0.3) is 0 Å². The van der Waals surface area contributed by atoms with Crippen molar-refractivity contribution in [2.75, 3.05) is 7.05 Å². The van der Waals surface area contributed by atoms with E-state index in [1.807, 2.05) is 42.1 Å². The lowest BCUT2D eigenvalue weighted by molar-refractivity contribution is 0.306. The van der Waals surface area contributed by atoms with Crippen molar-refractivity contribution in [3.8, 4) is 5.75 Å². The van der Waals surface area contributed by atoms with Crippen LogP contribution in [0.5, 0.6) is 5.75 Å². The van der Waals surface area contributed by atoms with E-state index >= 15 is 0 Å². The summed E-state index contributed by atoms with van der Waals surface area (Å²) >= 11 is 0. The highest BCUT2D eigenvalue weighted by Crippen LogP contribution is 2.15. The maximum Gasteiger partial charge on any atom is 0.191 e. The van der Waals surface area contributed by atoms with Gasteiger partial charge in [0.25, 0.3) is 0 Å². The van der Waals surface area contributed by atoms with E-state index in [9.17, 15) is 0 Å². The Kier molecular flexibility index (Phi) is 7.70. The van der Waals surface area contributed by atoms with Crippen molar-refractivity contribution in [3.05, 3.63) is 82.7 Å². The van der Waals surface area contributed by atoms with Gasteiger partial charge in [0.1, 0.15) is 12.4 Å². The molecule has 0 fully saturated rings. The van der Waals surface area contributed by atoms with Crippen LogP contribution in [0.2, 0.25) is 0 Å². The second-order valence-electron chi connectivity index (χ2n) is 7.87. The molecule has 6 heteroatoms. The Morgan fingerprint density at radius 2 is 1.77 bits per heavy atom. The molecule has 0 radical (unpaired) electrons. The monoisotopic (exact) mass is 419 g/mol. The van der Waals surface area contributed by atoms with Gasteiger partial charge in [0.2, 0.25) is 0 Å². The lowest BCUT2D eigenvalue weighted by Gasteiger charge is -2.18. The molecule has 0 saturated heterocycles. The molecule has 3 rings (SSSR count). The van der Waals surface area contributed by atoms with Crippen LogP contribution in [0.1, 0.15) is 35.0 Å². The molecule has 0 aliphatic rings. The van der Waals surface area contributed by atoms with Crippen molar-refractivity contribution < 1.29 is 4.74 Å². The number of aryl methyl sites for hydroxylation is 2. The zero-order valence-electron chi connectivity index (χ0n) is 19.1. The number of nitrogens with zero attached hydrogens (tertiary/aromatic N) is 3. The molecule has 6 nitrogen and oxygen atoms in total. The van der Waals surface area contributed by atoms with E-state index in [-0.39, 0.29) is 6.04 Å². The molecule has 0 saturated carbocycles. The van der Waals surface area contributed by atoms with E-state index in [1.54, 1.807) is 7.05 Å². The number of rotatable bonds is 8. The number of nitrogens with one attached hydrogen (secondary N) is 2. The quantitative estimate of drug-likeness (QED) is 0.429. The first-order valence-electron chi connectivity index (χ1n) is 10.7. The number of guanidine groups is 1. The number of ether oxygens (including phenoxy) is 1. The predicted molar refractivity (Wildman–Crippen MR) is 126 cm³/mol. The van der Waals surface area contributed by atoms with Crippen molar-refractivity contribution in [1.29, 1.82) is 0 Å². The van der Waals surface area contributed by atoms with E-state index in [0.29, 0.717) is 13.2 Å². The summed E-state index contributed by atoms with van der Waals surface area (Å²) in [6, 6.07) is 18.6. The third kappa shape index (κ3) is 6.35. The molecule has 1 heterocycles. The summed E-state index contributed by atoms with van der Waals surface area (Å²) in [6.45, 7) is 7.61. The highest BCUT2D eigenvalue weighted by atomic mass is 16.5. The molecular formula is C25H33N5O. The fourth-order valence-electron chi connectivity index (χ4n) is 3.53. The molecule has 164 valence electrons. The second kappa shape index (κ2) is 10.7. The largest absolute Gasteiger partial charge is 0.489 e. The Labute approximate surface area is 185 Å². The minimum Gasteiger partial charge on any atom is -0.489 e. The minimum absolute atomic E-state index is 0.238. The Morgan fingerprint density at radius 1 is 1.06 bits per heavy atom. The highest BCUT2D eigenvalue weighted by Gasteiger charge is 2.14. The molecule has 0 aliphatic heterocycles. The van der Waals surface area contributed by atoms with Crippen LogP contribution < -0.4 is 15.4 Å². The van der Waals surface area contributed by atoms with E-state index in [0.717, 1.165) is 29.4 Å². The topological polar surface area (TPSA) is 63.5 Å². The summed E-state index contributed by atoms with van der Waals surface area (Å²) in [7, 11) is 3.78. The Bertz CT molecular complexity index is 993. The van der Waals surface area contributed by atoms with Crippen LogP contribution in [0.15, 0.2) is 59.6 Å². The predicted octanol–water partition coefficient (Wildman–Crippen LogP) is 3.91. The normalized spacial score (nSPS) is 12.5. The summed E-state index contributed by atoms with van der Waals surface area (Å²) in [6.07, 6.45) is 0.902. The molecule has 2 N–H and O–H groups in total. The van der Waals surface area contributed by atoms with Gasteiger partial charge in [0, 0.05) is 32.4 Å². The van der Waals surface area contributed by atoms with Crippen molar-refractivity contribution in [2.24, 2.45) is 12.0 Å². The van der Waals surface area contributed by atoms with Crippen LogP contribution >= 0.6 is 0 Å². The number of benzene rings is 2. The molecule has 0 aliphatic carbocycles. The average molecular weight is 420 g/mol. The third-order valence-corrected chi connectivity index (χ3v) is 5.41. The SMILES string of the molecule is CN=C(NCc1ccc(OCc2ccccc2)cc1)NC(C)Cc1c(C)nn(C)c1C. The zero-order chi connectivity index (χ0) is 22.2. The third-order valence-electron chi connectivity index (χ3n) is 5.41. The van der Waals surface area contributed by atoms with Crippen LogP contribution in [0.3, 0.4) is 0 Å². The summed E-state index contributed by atoms with van der Waals surface area (Å²) in [5.41, 5.74) is 5.93. The Balaban J connectivity index is 1.47. The zero-order valence-corrected chi connectivity index (χ0v) is 19.1. The molecule has 1 unspecified atom stereocenters. The summed E-state index contributed by atoms with van der Waals surface area (Å²) in [4.78, 5) is 4.36. The van der Waals surface area contributed by atoms with Crippen molar-refractivity contribution >= 4 is 5.96 Å². The lowest BCUT2D eigenvalue weighted by Crippen LogP contribution is -2.42. The minimum atomic E-state index is 0.238. The van der Waals surface area contributed by atoms with Gasteiger partial charge in [0.05, 0.1) is 5.69 Å². The first-order chi connectivity index (χ1) is 15.0. The van der Waals surface area contributed by atoms with Crippen LogP contribution in [-0.4, -0.2) is 28.8 Å². The van der Waals surface area contributed by atoms with Gasteiger partial charge in [-0.05, 0) is 56.0 Å². The highest BCUT2D eigenvalue weighted by molar-refractivity contribution is 5.79. The fraction of sp³-hybridized carbons (Fsp3) is 0.360. The standard InChI is InChI=1S/C25H33N5O/c1-18(15-24-19(2)29-30(5)20(24)3)28-25(26-4)27-16-21-11-13-23(14-12-21)31-17-22-9-7-6-8-10-22/h6-14,18H,15-17H2,1-5H3,(H2,26,27,28). The van der Waals surface area contributed by atoms with Gasteiger partial charge < -0.3 is 15.4 Å². The summed E-state index contributed by atoms with van der Waals surface area (Å²) in [5.74, 6) is 1.65. The molecule has 1 aromatic heterocycles. The van der Waals surface area contributed by atoms with Crippen LogP contribution in [-0.2, 0) is 26.6 Å². The van der Waals surface area contributed by atoms with E-state index in [1.165, 1.54) is 16.8 Å². The second-order valence-corrected chi connectivity index (χ2v) is 7.87. The van der Waals surface area contributed by atoms with Crippen molar-refractivity contribution in [2.45, 2.75) is 46.4 Å². The van der Waals surface area contributed by atoms with Gasteiger partial charge in [0.15, 0.2) is 5.96 Å². The molecule has 0 amide bonds. The van der Waals surface area contributed by atoms with Crippen molar-refractivity contribution in [1.82, 2.24) is 20.4 Å². The first kappa shape index (κ1) is 22.4. The number of aliphatic imine (C=N–C) groups is 1. The van der Waals surface area contributed by atoms with E-state index in [2.05, 4.69) is 65.8 Å². The van der Waals surface area contributed by atoms with Gasteiger partial charge in [-0.2, -0.15) is 5.10 Å². The molecule has 2 aromatic carbocycles. The maximum atomic E-state index is 5.86. The number of aromatic nitrogens is 2. The van der Waals surface area contributed by atoms with Crippen LogP contribution in [0.4, 0.5) is 0 Å². The van der Waals surface area contributed by atoms with Crippen LogP contribution in [0, 0.1) is 13.8 Å². The van der Waals surface area contributed by atoms with Gasteiger partial charge in [-0.15, -0.1) is 0 Å². The maximum absolute atomic E-state index is 5.86. The summed E-state index contributed by atoms with van der Waals surface area (Å²) in [5, 5.41) is 11.4. The summed E-state index contributed by atoms with van der Waals surface area (Å²) < 4.78 is 7.80. The fourth-order valence-corrected chi connectivity index (χ4v) is 3.53. The van der Waals surface area contributed by atoms with E-state index < -0.39 is 0 Å². The van der Waals surface area contributed by atoms with E-state index in [4.69, 9.17) is 4.74 Å². The molecule has 0 spiro atoms. The lowest BCUT2D eigenvalue weighted by atomic mass is 10.1. The van der Waals surface area contributed by atoms with Gasteiger partial charge >= 0.3 is 0 Å². The number of hydrogen-bond donors (Lipinski definition) is 2. The average Bonchev–Trinajstić information content (AvgIpc) is 3.02. The molecular weight excluding hydrogens is 386 g/mol.